The third-order valence-corrected chi connectivity index (χ3v) is 2.58. The number of nitrogens with zero attached hydrogens (tertiary/aromatic N) is 1. The largest absolute Gasteiger partial charge is 0.320 e. The highest BCUT2D eigenvalue weighted by molar-refractivity contribution is 6.30. The number of aryl methyl sites for hydroxylation is 1. The van der Waals surface area contributed by atoms with Gasteiger partial charge < -0.3 is 5.32 Å². The molecule has 0 aliphatic carbocycles. The van der Waals surface area contributed by atoms with Gasteiger partial charge in [0, 0.05) is 16.8 Å². The molecule has 0 radical (unpaired) electrons. The summed E-state index contributed by atoms with van der Waals surface area (Å²) in [5.41, 5.74) is 1.29. The molecule has 18 heavy (non-hydrogen) atoms. The van der Waals surface area contributed by atoms with Crippen molar-refractivity contribution in [1.82, 2.24) is 10.2 Å². The summed E-state index contributed by atoms with van der Waals surface area (Å²) in [7, 11) is 0. The van der Waals surface area contributed by atoms with Crippen LogP contribution < -0.4 is 10.9 Å². The molecule has 0 fully saturated rings. The number of hydrogen-bond donors (Lipinski definition) is 2. The molecule has 1 aromatic heterocycles. The highest BCUT2D eigenvalue weighted by Crippen LogP contribution is 2.19. The van der Waals surface area contributed by atoms with Gasteiger partial charge in [-0.15, -0.1) is 0 Å². The second-order valence-electron chi connectivity index (χ2n) is 3.72. The highest BCUT2D eigenvalue weighted by atomic mass is 35.5. The minimum Gasteiger partial charge on any atom is -0.320 e. The van der Waals surface area contributed by atoms with Crippen LogP contribution in [0.3, 0.4) is 0 Å². The first kappa shape index (κ1) is 12.3. The van der Waals surface area contributed by atoms with Gasteiger partial charge in [0.05, 0.1) is 0 Å². The van der Waals surface area contributed by atoms with Crippen LogP contribution >= 0.6 is 11.6 Å². The number of nitrogens with one attached hydrogen (secondary N) is 2. The summed E-state index contributed by atoms with van der Waals surface area (Å²) in [5.74, 6) is -0.392. The summed E-state index contributed by atoms with van der Waals surface area (Å²) in [6, 6.07) is 7.75. The number of rotatable bonds is 2. The van der Waals surface area contributed by atoms with Crippen LogP contribution in [0.15, 0.2) is 35.1 Å². The molecular weight excluding hydrogens is 254 g/mol. The van der Waals surface area contributed by atoms with Gasteiger partial charge in [0.2, 0.25) is 0 Å². The maximum atomic E-state index is 11.8. The molecule has 0 atom stereocenters. The van der Waals surface area contributed by atoms with Crippen LogP contribution in [0.4, 0.5) is 5.69 Å². The lowest BCUT2D eigenvalue weighted by molar-refractivity contribution is 0.102. The molecule has 0 spiro atoms. The number of benzene rings is 1. The number of H-pyrrole nitrogens is 1. The first-order valence-electron chi connectivity index (χ1n) is 5.19. The van der Waals surface area contributed by atoms with Gasteiger partial charge in [0.25, 0.3) is 11.5 Å². The van der Waals surface area contributed by atoms with E-state index in [1.165, 1.54) is 12.1 Å². The molecule has 0 saturated heterocycles. The van der Waals surface area contributed by atoms with Crippen molar-refractivity contribution in [1.29, 1.82) is 0 Å². The Balaban J connectivity index is 2.21. The topological polar surface area (TPSA) is 74.8 Å². The van der Waals surface area contributed by atoms with Crippen molar-refractivity contribution in [2.24, 2.45) is 0 Å². The fourth-order valence-corrected chi connectivity index (χ4v) is 1.65. The van der Waals surface area contributed by atoms with E-state index in [4.69, 9.17) is 11.6 Å². The van der Waals surface area contributed by atoms with E-state index in [0.29, 0.717) is 10.7 Å². The van der Waals surface area contributed by atoms with Crippen molar-refractivity contribution in [3.05, 3.63) is 57.0 Å². The molecule has 0 bridgehead atoms. The van der Waals surface area contributed by atoms with E-state index < -0.39 is 5.91 Å². The number of carbonyl (C=O) groups excluding carboxylic acids is 1. The number of amides is 1. The first-order valence-corrected chi connectivity index (χ1v) is 5.57. The van der Waals surface area contributed by atoms with Gasteiger partial charge in [-0.3, -0.25) is 9.59 Å². The molecule has 1 amide bonds. The molecule has 0 aliphatic heterocycles. The van der Waals surface area contributed by atoms with Crippen LogP contribution in [-0.2, 0) is 0 Å². The highest BCUT2D eigenvalue weighted by Gasteiger charge is 2.09. The third-order valence-electron chi connectivity index (χ3n) is 2.35. The number of hydrogen-bond acceptors (Lipinski definition) is 3. The standard InChI is InChI=1S/C12H10ClN3O2/c1-7-6-8(13)2-3-9(7)14-12(18)10-4-5-11(17)16-15-10/h2-6H,1H3,(H,14,18)(H,16,17). The molecule has 0 saturated carbocycles. The van der Waals surface area contributed by atoms with Crippen molar-refractivity contribution in [2.45, 2.75) is 6.92 Å². The van der Waals surface area contributed by atoms with Gasteiger partial charge in [0.15, 0.2) is 0 Å². The van der Waals surface area contributed by atoms with Crippen LogP contribution in [0, 0.1) is 6.92 Å². The zero-order valence-electron chi connectivity index (χ0n) is 9.53. The van der Waals surface area contributed by atoms with Crippen molar-refractivity contribution in [3.8, 4) is 0 Å². The van der Waals surface area contributed by atoms with E-state index >= 15 is 0 Å². The second-order valence-corrected chi connectivity index (χ2v) is 4.16. The Bertz CT molecular complexity index is 632. The zero-order valence-corrected chi connectivity index (χ0v) is 10.3. The van der Waals surface area contributed by atoms with E-state index in [0.717, 1.165) is 5.56 Å². The van der Waals surface area contributed by atoms with Gasteiger partial charge in [-0.2, -0.15) is 5.10 Å². The Hall–Kier alpha value is -2.14. The molecule has 5 nitrogen and oxygen atoms in total. The fourth-order valence-electron chi connectivity index (χ4n) is 1.42. The van der Waals surface area contributed by atoms with E-state index in [1.54, 1.807) is 18.2 Å². The average molecular weight is 264 g/mol. The molecule has 1 heterocycles. The lowest BCUT2D eigenvalue weighted by atomic mass is 10.2. The second kappa shape index (κ2) is 5.01. The normalized spacial score (nSPS) is 10.1. The summed E-state index contributed by atoms with van der Waals surface area (Å²) in [4.78, 5) is 22.7. The Morgan fingerprint density at radius 2 is 2.11 bits per heavy atom. The summed E-state index contributed by atoms with van der Waals surface area (Å²) in [6.07, 6.45) is 0. The van der Waals surface area contributed by atoms with Gasteiger partial charge >= 0.3 is 0 Å². The maximum Gasteiger partial charge on any atom is 0.276 e. The van der Waals surface area contributed by atoms with Gasteiger partial charge in [0.1, 0.15) is 5.69 Å². The fraction of sp³-hybridized carbons (Fsp3) is 0.0833. The summed E-state index contributed by atoms with van der Waals surface area (Å²) in [6.45, 7) is 1.84. The monoisotopic (exact) mass is 263 g/mol. The van der Waals surface area contributed by atoms with Crippen molar-refractivity contribution >= 4 is 23.2 Å². The molecule has 2 aromatic rings. The van der Waals surface area contributed by atoms with Crippen LogP contribution in [-0.4, -0.2) is 16.1 Å². The van der Waals surface area contributed by atoms with Gasteiger partial charge in [-0.25, -0.2) is 5.10 Å². The van der Waals surface area contributed by atoms with E-state index in [9.17, 15) is 9.59 Å². The van der Waals surface area contributed by atoms with Crippen molar-refractivity contribution in [3.63, 3.8) is 0 Å². The van der Waals surface area contributed by atoms with E-state index in [-0.39, 0.29) is 11.3 Å². The Kier molecular flexibility index (Phi) is 3.43. The van der Waals surface area contributed by atoms with Crippen LogP contribution in [0.2, 0.25) is 5.02 Å². The van der Waals surface area contributed by atoms with Crippen molar-refractivity contribution in [2.75, 3.05) is 5.32 Å². The maximum absolute atomic E-state index is 11.8. The molecule has 2 rings (SSSR count). The van der Waals surface area contributed by atoms with Gasteiger partial charge in [-0.1, -0.05) is 11.6 Å². The molecule has 0 aliphatic rings. The SMILES string of the molecule is Cc1cc(Cl)ccc1NC(=O)c1ccc(=O)[nH]n1. The van der Waals surface area contributed by atoms with E-state index in [2.05, 4.69) is 15.5 Å². The van der Waals surface area contributed by atoms with Gasteiger partial charge in [-0.05, 0) is 36.8 Å². The molecule has 0 unspecified atom stereocenters. The number of anilines is 1. The minimum absolute atomic E-state index is 0.143. The predicted molar refractivity (Wildman–Crippen MR) is 69.0 cm³/mol. The Labute approximate surface area is 108 Å². The number of carbonyl (C=O) groups is 1. The average Bonchev–Trinajstić information content (AvgIpc) is 2.33. The molecule has 6 heteroatoms. The zero-order chi connectivity index (χ0) is 13.1. The van der Waals surface area contributed by atoms with Crippen LogP contribution in [0.5, 0.6) is 0 Å². The lowest BCUT2D eigenvalue weighted by Crippen LogP contribution is -2.17. The predicted octanol–water partition coefficient (Wildman–Crippen LogP) is 1.98. The Morgan fingerprint density at radius 1 is 1.33 bits per heavy atom. The Morgan fingerprint density at radius 3 is 2.72 bits per heavy atom. The smallest absolute Gasteiger partial charge is 0.276 e. The number of aromatic amines is 1. The van der Waals surface area contributed by atoms with Crippen LogP contribution in [0.25, 0.3) is 0 Å². The molecular formula is C12H10ClN3O2. The number of aromatic nitrogens is 2. The summed E-state index contributed by atoms with van der Waals surface area (Å²) < 4.78 is 0. The summed E-state index contributed by atoms with van der Waals surface area (Å²) in [5, 5.41) is 9.14. The number of halogens is 1. The quantitative estimate of drug-likeness (QED) is 0.870. The molecule has 92 valence electrons. The lowest BCUT2D eigenvalue weighted by Gasteiger charge is -2.07. The van der Waals surface area contributed by atoms with E-state index in [1.807, 2.05) is 6.92 Å². The minimum atomic E-state index is -0.392. The molecule has 1 aromatic carbocycles. The van der Waals surface area contributed by atoms with Crippen molar-refractivity contribution < 1.29 is 4.79 Å². The third kappa shape index (κ3) is 2.75. The van der Waals surface area contributed by atoms with Crippen LogP contribution in [0.1, 0.15) is 16.1 Å². The summed E-state index contributed by atoms with van der Waals surface area (Å²) >= 11 is 5.82. The molecule has 2 N–H and O–H groups in total. The first-order chi connectivity index (χ1) is 8.56.